The molecule has 0 unspecified atom stereocenters. The molecule has 3 aliphatic rings. The van der Waals surface area contributed by atoms with Crippen LogP contribution in [0.3, 0.4) is 0 Å². The predicted octanol–water partition coefficient (Wildman–Crippen LogP) is 3.34. The maximum Gasteiger partial charge on any atom is 0.226 e. The number of benzene rings is 1. The van der Waals surface area contributed by atoms with Gasteiger partial charge in [0.25, 0.3) is 0 Å². The van der Waals surface area contributed by atoms with E-state index in [4.69, 9.17) is 4.74 Å². The molecule has 0 radical (unpaired) electrons. The van der Waals surface area contributed by atoms with Gasteiger partial charge in [0.1, 0.15) is 0 Å². The Hall–Kier alpha value is -1.88. The molecule has 5 nitrogen and oxygen atoms in total. The first-order valence-electron chi connectivity index (χ1n) is 11.3. The van der Waals surface area contributed by atoms with Crippen LogP contribution < -0.4 is 0 Å². The van der Waals surface area contributed by atoms with Crippen molar-refractivity contribution >= 4 is 11.8 Å². The van der Waals surface area contributed by atoms with Crippen molar-refractivity contribution < 1.29 is 14.3 Å². The second kappa shape index (κ2) is 8.86. The van der Waals surface area contributed by atoms with Gasteiger partial charge in [0.05, 0.1) is 12.0 Å². The van der Waals surface area contributed by atoms with Gasteiger partial charge in [0, 0.05) is 38.7 Å². The molecule has 3 aliphatic heterocycles. The van der Waals surface area contributed by atoms with Crippen LogP contribution in [0.2, 0.25) is 0 Å². The Labute approximate surface area is 174 Å². The minimum absolute atomic E-state index is 0.0420. The Morgan fingerprint density at radius 1 is 1.00 bits per heavy atom. The normalized spacial score (nSPS) is 22.7. The van der Waals surface area contributed by atoms with E-state index in [0.29, 0.717) is 25.4 Å². The molecule has 1 aromatic carbocycles. The molecular weight excluding hydrogens is 364 g/mol. The summed E-state index contributed by atoms with van der Waals surface area (Å²) in [4.78, 5) is 29.7. The SMILES string of the molecule is Cc1ccccc1CC(=O)N1CCC(C(=O)N2CCC3(CCCCO3)CC2)CC1. The highest BCUT2D eigenvalue weighted by molar-refractivity contribution is 5.81. The van der Waals surface area contributed by atoms with E-state index in [1.807, 2.05) is 23.1 Å². The van der Waals surface area contributed by atoms with Gasteiger partial charge < -0.3 is 14.5 Å². The van der Waals surface area contributed by atoms with E-state index < -0.39 is 0 Å². The number of nitrogens with zero attached hydrogens (tertiary/aromatic N) is 2. The molecule has 0 bridgehead atoms. The second-order valence-corrected chi connectivity index (χ2v) is 9.07. The van der Waals surface area contributed by atoms with Crippen LogP contribution in [0.5, 0.6) is 0 Å². The third kappa shape index (κ3) is 4.66. The molecule has 158 valence electrons. The van der Waals surface area contributed by atoms with Crippen LogP contribution in [0, 0.1) is 12.8 Å². The fourth-order valence-corrected chi connectivity index (χ4v) is 5.16. The maximum absolute atomic E-state index is 13.0. The predicted molar refractivity (Wildman–Crippen MR) is 113 cm³/mol. The number of hydrogen-bond acceptors (Lipinski definition) is 3. The lowest BCUT2D eigenvalue weighted by molar-refractivity contribution is -0.149. The average Bonchev–Trinajstić information content (AvgIpc) is 2.76. The number of rotatable bonds is 3. The van der Waals surface area contributed by atoms with Crippen LogP contribution in [-0.2, 0) is 20.7 Å². The van der Waals surface area contributed by atoms with Crippen LogP contribution in [0.15, 0.2) is 24.3 Å². The van der Waals surface area contributed by atoms with E-state index >= 15 is 0 Å². The fraction of sp³-hybridized carbons (Fsp3) is 0.667. The lowest BCUT2D eigenvalue weighted by atomic mass is 9.84. The van der Waals surface area contributed by atoms with Crippen molar-refractivity contribution in [3.63, 3.8) is 0 Å². The minimum atomic E-state index is 0.0420. The highest BCUT2D eigenvalue weighted by atomic mass is 16.5. The van der Waals surface area contributed by atoms with Gasteiger partial charge in [-0.3, -0.25) is 9.59 Å². The van der Waals surface area contributed by atoms with E-state index in [-0.39, 0.29) is 17.4 Å². The van der Waals surface area contributed by atoms with Gasteiger partial charge >= 0.3 is 0 Å². The van der Waals surface area contributed by atoms with Crippen LogP contribution >= 0.6 is 0 Å². The van der Waals surface area contributed by atoms with Crippen LogP contribution in [0.4, 0.5) is 0 Å². The van der Waals surface area contributed by atoms with Gasteiger partial charge in [-0.1, -0.05) is 24.3 Å². The zero-order valence-electron chi connectivity index (χ0n) is 17.7. The molecule has 3 fully saturated rings. The number of ether oxygens (including phenoxy) is 1. The van der Waals surface area contributed by atoms with Crippen molar-refractivity contribution in [2.75, 3.05) is 32.8 Å². The van der Waals surface area contributed by atoms with Gasteiger partial charge in [0.2, 0.25) is 11.8 Å². The lowest BCUT2D eigenvalue weighted by Gasteiger charge is -2.45. The highest BCUT2D eigenvalue weighted by Crippen LogP contribution is 2.35. The van der Waals surface area contributed by atoms with Crippen molar-refractivity contribution in [2.45, 2.75) is 63.9 Å². The summed E-state index contributed by atoms with van der Waals surface area (Å²) in [5.41, 5.74) is 2.30. The number of likely N-dealkylation sites (tertiary alicyclic amines) is 2. The molecule has 1 spiro atoms. The first kappa shape index (κ1) is 20.4. The average molecular weight is 399 g/mol. The Morgan fingerprint density at radius 2 is 1.72 bits per heavy atom. The molecule has 0 aromatic heterocycles. The Bertz CT molecular complexity index is 723. The summed E-state index contributed by atoms with van der Waals surface area (Å²) in [6.45, 7) is 5.97. The summed E-state index contributed by atoms with van der Waals surface area (Å²) < 4.78 is 6.10. The lowest BCUT2D eigenvalue weighted by Crippen LogP contribution is -2.52. The molecule has 3 heterocycles. The molecule has 2 amide bonds. The zero-order valence-corrected chi connectivity index (χ0v) is 17.7. The number of carbonyl (C=O) groups is 2. The number of carbonyl (C=O) groups excluding carboxylic acids is 2. The molecule has 0 atom stereocenters. The van der Waals surface area contributed by atoms with Gasteiger partial charge in [-0.2, -0.15) is 0 Å². The minimum Gasteiger partial charge on any atom is -0.375 e. The largest absolute Gasteiger partial charge is 0.375 e. The van der Waals surface area contributed by atoms with E-state index in [1.165, 1.54) is 12.8 Å². The molecule has 0 aliphatic carbocycles. The molecule has 0 saturated carbocycles. The quantitative estimate of drug-likeness (QED) is 0.785. The number of amides is 2. The number of aryl methyl sites for hydroxylation is 1. The summed E-state index contributed by atoms with van der Waals surface area (Å²) in [7, 11) is 0. The van der Waals surface area contributed by atoms with Crippen LogP contribution in [0.25, 0.3) is 0 Å². The van der Waals surface area contributed by atoms with Crippen molar-refractivity contribution in [2.24, 2.45) is 5.92 Å². The van der Waals surface area contributed by atoms with E-state index in [0.717, 1.165) is 62.9 Å². The zero-order chi connectivity index (χ0) is 20.3. The standard InChI is InChI=1S/C24H34N2O3/c1-19-6-2-3-7-21(19)18-22(27)25-13-8-20(9-14-25)23(28)26-15-11-24(12-16-26)10-4-5-17-29-24/h2-3,6-7,20H,4-5,8-18H2,1H3. The monoisotopic (exact) mass is 398 g/mol. The van der Waals surface area contributed by atoms with Crippen molar-refractivity contribution in [3.05, 3.63) is 35.4 Å². The molecule has 0 N–H and O–H groups in total. The first-order valence-corrected chi connectivity index (χ1v) is 11.3. The Morgan fingerprint density at radius 3 is 2.38 bits per heavy atom. The van der Waals surface area contributed by atoms with E-state index in [9.17, 15) is 9.59 Å². The molecule has 1 aromatic rings. The topological polar surface area (TPSA) is 49.9 Å². The third-order valence-corrected chi connectivity index (χ3v) is 7.22. The molecule has 29 heavy (non-hydrogen) atoms. The summed E-state index contributed by atoms with van der Waals surface area (Å²) in [6.07, 6.45) is 7.57. The Balaban J connectivity index is 1.24. The van der Waals surface area contributed by atoms with E-state index in [1.54, 1.807) is 0 Å². The van der Waals surface area contributed by atoms with Crippen molar-refractivity contribution in [1.82, 2.24) is 9.80 Å². The summed E-state index contributed by atoms with van der Waals surface area (Å²) in [6, 6.07) is 8.07. The van der Waals surface area contributed by atoms with Gasteiger partial charge in [0.15, 0.2) is 0 Å². The first-order chi connectivity index (χ1) is 14.1. The van der Waals surface area contributed by atoms with Crippen LogP contribution in [0.1, 0.15) is 56.1 Å². The fourth-order valence-electron chi connectivity index (χ4n) is 5.16. The number of piperidine rings is 2. The van der Waals surface area contributed by atoms with Gasteiger partial charge in [-0.25, -0.2) is 0 Å². The molecule has 4 rings (SSSR count). The van der Waals surface area contributed by atoms with Gasteiger partial charge in [-0.15, -0.1) is 0 Å². The van der Waals surface area contributed by atoms with Crippen molar-refractivity contribution in [1.29, 1.82) is 0 Å². The van der Waals surface area contributed by atoms with Crippen LogP contribution in [-0.4, -0.2) is 60.0 Å². The summed E-state index contributed by atoms with van der Waals surface area (Å²) in [5.74, 6) is 0.542. The Kier molecular flexibility index (Phi) is 6.23. The third-order valence-electron chi connectivity index (χ3n) is 7.22. The number of hydrogen-bond donors (Lipinski definition) is 0. The highest BCUT2D eigenvalue weighted by Gasteiger charge is 2.39. The van der Waals surface area contributed by atoms with Gasteiger partial charge in [-0.05, 0) is 63.0 Å². The van der Waals surface area contributed by atoms with E-state index in [2.05, 4.69) is 17.9 Å². The smallest absolute Gasteiger partial charge is 0.226 e. The molecule has 3 saturated heterocycles. The second-order valence-electron chi connectivity index (χ2n) is 9.07. The maximum atomic E-state index is 13.0. The summed E-state index contributed by atoms with van der Waals surface area (Å²) in [5, 5.41) is 0. The summed E-state index contributed by atoms with van der Waals surface area (Å²) >= 11 is 0. The van der Waals surface area contributed by atoms with Crippen molar-refractivity contribution in [3.8, 4) is 0 Å². The molecular formula is C24H34N2O3. The molecule has 5 heteroatoms.